The first-order valence-electron chi connectivity index (χ1n) is 1.15. The maximum atomic E-state index is 3.71. The van der Waals surface area contributed by atoms with Crippen molar-refractivity contribution in [3.8, 4) is 0 Å². The van der Waals surface area contributed by atoms with E-state index in [1.807, 2.05) is 0 Å². The summed E-state index contributed by atoms with van der Waals surface area (Å²) in [6.45, 7) is 0. The second-order valence-corrected chi connectivity index (χ2v) is 2.32. The fourth-order valence-corrected chi connectivity index (χ4v) is 1.12. The van der Waals surface area contributed by atoms with Crippen LogP contribution in [-0.4, -0.2) is 0 Å². The zero-order valence-corrected chi connectivity index (χ0v) is 4.29. The van der Waals surface area contributed by atoms with E-state index in [1.165, 1.54) is 0 Å². The highest BCUT2D eigenvalue weighted by Crippen LogP contribution is 2.11. The van der Waals surface area contributed by atoms with Gasteiger partial charge in [-0.1, -0.05) is 0 Å². The van der Waals surface area contributed by atoms with Crippen LogP contribution in [0.25, 0.3) is 0 Å². The van der Waals surface area contributed by atoms with Gasteiger partial charge in [-0.15, -0.1) is 0 Å². The average Bonchev–Trinajstić information content (AvgIpc) is 1.76. The summed E-state index contributed by atoms with van der Waals surface area (Å²) in [6.07, 6.45) is 0. The third-order valence-electron chi connectivity index (χ3n) is 0.262. The molecule has 5 heteroatoms. The second-order valence-electron chi connectivity index (χ2n) is 0.549. The maximum Gasteiger partial charge on any atom is 0.117 e. The van der Waals surface area contributed by atoms with Crippen LogP contribution in [-0.2, 0) is 0 Å². The molecule has 1 unspecified atom stereocenters. The molecule has 0 radical (unpaired) electrons. The Labute approximate surface area is 33.3 Å². The Morgan fingerprint density at radius 3 is 3.00 bits per heavy atom. The lowest BCUT2D eigenvalue weighted by Crippen LogP contribution is -1.81. The van der Waals surface area contributed by atoms with Gasteiger partial charge < -0.3 is 0 Å². The molecule has 1 rings (SSSR count). The van der Waals surface area contributed by atoms with Crippen molar-refractivity contribution >= 4 is 17.4 Å². The summed E-state index contributed by atoms with van der Waals surface area (Å²) in [5.41, 5.74) is 0. The van der Waals surface area contributed by atoms with Crippen molar-refractivity contribution in [2.24, 2.45) is 4.85 Å². The lowest BCUT2D eigenvalue weighted by atomic mass is 13.0. The summed E-state index contributed by atoms with van der Waals surface area (Å²) in [5.74, 6) is 0. The molecular formula is H3N3P2. The third kappa shape index (κ3) is 0.899. The van der Waals surface area contributed by atoms with Gasteiger partial charge in [0.05, 0.1) is 0 Å². The summed E-state index contributed by atoms with van der Waals surface area (Å²) >= 11 is 0. The molecule has 28 valence electrons. The molecule has 0 aromatic heterocycles. The summed E-state index contributed by atoms with van der Waals surface area (Å²) in [4.78, 5) is 6.65. The van der Waals surface area contributed by atoms with E-state index in [-0.39, 0.29) is 0 Å². The number of hydrogen-bond donors (Lipinski definition) is 2. The summed E-state index contributed by atoms with van der Waals surface area (Å²) in [7, 11) is 1.60. The molecule has 0 aromatic carbocycles. The lowest BCUT2D eigenvalue weighted by Gasteiger charge is -1.74. The topological polar surface area (TPSA) is 36.4 Å². The molecule has 0 amide bonds. The molecule has 0 fully saturated rings. The van der Waals surface area contributed by atoms with E-state index in [4.69, 9.17) is 0 Å². The first-order valence-corrected chi connectivity index (χ1v) is 2.99. The van der Waals surface area contributed by atoms with Crippen LogP contribution in [0.5, 0.6) is 0 Å². The van der Waals surface area contributed by atoms with Crippen molar-refractivity contribution in [3.05, 3.63) is 0 Å². The summed E-state index contributed by atoms with van der Waals surface area (Å²) < 4.78 is 0. The van der Waals surface area contributed by atoms with Gasteiger partial charge in [-0.25, -0.2) is 4.86 Å². The largest absolute Gasteiger partial charge is 0.220 e. The number of nitrogens with one attached hydrogen (secondary N) is 2. The molecule has 1 atom stereocenters. The van der Waals surface area contributed by atoms with E-state index in [9.17, 15) is 0 Å². The second kappa shape index (κ2) is 1.78. The van der Waals surface area contributed by atoms with Crippen molar-refractivity contribution in [3.63, 3.8) is 0 Å². The van der Waals surface area contributed by atoms with Crippen LogP contribution in [0.4, 0.5) is 0 Å². The van der Waals surface area contributed by atoms with Gasteiger partial charge in [0.25, 0.3) is 0 Å². The van der Waals surface area contributed by atoms with Crippen molar-refractivity contribution in [2.45, 2.75) is 0 Å². The number of rotatable bonds is 0. The Hall–Kier alpha value is 0.450. The first-order chi connectivity index (χ1) is 2.50. The lowest BCUT2D eigenvalue weighted by molar-refractivity contribution is 1.15. The smallest absolute Gasteiger partial charge is 0.117 e. The van der Waals surface area contributed by atoms with Crippen LogP contribution >= 0.6 is 17.4 Å². The van der Waals surface area contributed by atoms with E-state index >= 15 is 0 Å². The predicted octanol–water partition coefficient (Wildman–Crippen LogP) is 0.647. The number of nitrogens with zero attached hydrogens (tertiary/aromatic N) is 1. The van der Waals surface area contributed by atoms with E-state index in [0.29, 0.717) is 8.88 Å². The molecule has 1 aliphatic heterocycles. The minimum atomic E-state index is 0.630. The van der Waals surface area contributed by atoms with Crippen molar-refractivity contribution in [1.29, 1.82) is 0 Å². The van der Waals surface area contributed by atoms with Crippen LogP contribution in [0.15, 0.2) is 4.85 Å². The van der Waals surface area contributed by atoms with Crippen LogP contribution in [0.1, 0.15) is 0 Å². The molecular weight excluding hydrogens is 104 g/mol. The first kappa shape index (κ1) is 3.63. The SMILES string of the molecule is N1=PNPN1. The van der Waals surface area contributed by atoms with Crippen LogP contribution in [0, 0.1) is 0 Å². The highest BCUT2D eigenvalue weighted by molar-refractivity contribution is 7.48. The van der Waals surface area contributed by atoms with E-state index in [2.05, 4.69) is 14.9 Å². The molecule has 0 aliphatic carbocycles. The van der Waals surface area contributed by atoms with Gasteiger partial charge in [0.1, 0.15) is 8.52 Å². The van der Waals surface area contributed by atoms with Crippen molar-refractivity contribution in [1.82, 2.24) is 10.1 Å². The Balaban J connectivity index is 2.32. The Kier molecular flexibility index (Phi) is 1.30. The quantitative estimate of drug-likeness (QED) is 0.446. The van der Waals surface area contributed by atoms with Gasteiger partial charge in [0, 0.05) is 8.88 Å². The number of hydrogen-bond acceptors (Lipinski definition) is 3. The third-order valence-corrected chi connectivity index (χ3v) is 1.72. The Morgan fingerprint density at radius 2 is 2.80 bits per heavy atom. The molecule has 0 spiro atoms. The van der Waals surface area contributed by atoms with Gasteiger partial charge in [0.2, 0.25) is 0 Å². The van der Waals surface area contributed by atoms with Crippen LogP contribution < -0.4 is 10.1 Å². The maximum absolute atomic E-state index is 3.71. The van der Waals surface area contributed by atoms with E-state index < -0.39 is 0 Å². The standard InChI is InChI=1S/H3N3P2/c1-2-5-3-4-1/h1,4H,(H,2,3). The average molecular weight is 107 g/mol. The van der Waals surface area contributed by atoms with Gasteiger partial charge in [-0.3, -0.25) is 0 Å². The monoisotopic (exact) mass is 107 g/mol. The summed E-state index contributed by atoms with van der Waals surface area (Å²) in [6, 6.07) is 0. The van der Waals surface area contributed by atoms with Gasteiger partial charge in [-0.05, 0) is 0 Å². The minimum Gasteiger partial charge on any atom is -0.220 e. The molecule has 1 heterocycles. The zero-order valence-electron chi connectivity index (χ0n) is 2.39. The van der Waals surface area contributed by atoms with E-state index in [0.717, 1.165) is 8.52 Å². The molecule has 3 nitrogen and oxygen atoms in total. The van der Waals surface area contributed by atoms with Crippen LogP contribution in [0.3, 0.4) is 0 Å². The normalized spacial score (nSPS) is 28.8. The highest BCUT2D eigenvalue weighted by atomic mass is 31.1. The highest BCUT2D eigenvalue weighted by Gasteiger charge is 1.82. The fourth-order valence-electron chi connectivity index (χ4n) is 0.125. The van der Waals surface area contributed by atoms with Gasteiger partial charge in [-0.2, -0.15) is 10.1 Å². The molecule has 0 aromatic rings. The van der Waals surface area contributed by atoms with Crippen molar-refractivity contribution in [2.75, 3.05) is 0 Å². The molecule has 5 heavy (non-hydrogen) atoms. The van der Waals surface area contributed by atoms with Crippen molar-refractivity contribution < 1.29 is 0 Å². The Morgan fingerprint density at radius 1 is 1.80 bits per heavy atom. The molecule has 1 aliphatic rings. The van der Waals surface area contributed by atoms with Gasteiger partial charge in [0.15, 0.2) is 0 Å². The minimum absolute atomic E-state index is 0.630. The predicted molar refractivity (Wildman–Crippen MR) is 23.9 cm³/mol. The molecule has 0 saturated heterocycles. The van der Waals surface area contributed by atoms with Crippen LogP contribution in [0.2, 0.25) is 0 Å². The molecule has 2 N–H and O–H groups in total. The Bertz CT molecular complexity index is 42.9. The zero-order chi connectivity index (χ0) is 3.54. The summed E-state index contributed by atoms with van der Waals surface area (Å²) in [5, 5.41) is 2.75. The fraction of sp³-hybridized carbons (Fsp3) is 0. The van der Waals surface area contributed by atoms with Gasteiger partial charge >= 0.3 is 0 Å². The molecule has 0 bridgehead atoms. The van der Waals surface area contributed by atoms with E-state index in [1.54, 1.807) is 0 Å². The molecule has 0 saturated carbocycles.